The van der Waals surface area contributed by atoms with Crippen LogP contribution in [0.15, 0.2) is 29.4 Å². The van der Waals surface area contributed by atoms with Crippen LogP contribution in [0.1, 0.15) is 18.4 Å². The van der Waals surface area contributed by atoms with Crippen LogP contribution in [0.2, 0.25) is 0 Å². The first-order chi connectivity index (χ1) is 11.1. The summed E-state index contributed by atoms with van der Waals surface area (Å²) in [5, 5.41) is 18.6. The van der Waals surface area contributed by atoms with Gasteiger partial charge in [0.15, 0.2) is 5.11 Å². The van der Waals surface area contributed by atoms with Crippen molar-refractivity contribution in [1.82, 2.24) is 15.6 Å². The van der Waals surface area contributed by atoms with E-state index in [0.29, 0.717) is 22.6 Å². The van der Waals surface area contributed by atoms with Crippen LogP contribution in [0.3, 0.4) is 0 Å². The lowest BCUT2D eigenvalue weighted by atomic mass is 9.84. The molecule has 4 rings (SSSR count). The van der Waals surface area contributed by atoms with Gasteiger partial charge in [-0.15, -0.1) is 0 Å². The van der Waals surface area contributed by atoms with Crippen molar-refractivity contribution in [1.29, 1.82) is 0 Å². The van der Waals surface area contributed by atoms with Gasteiger partial charge in [0.25, 0.3) is 5.69 Å². The van der Waals surface area contributed by atoms with Gasteiger partial charge >= 0.3 is 0 Å². The molecule has 0 aromatic heterocycles. The quantitative estimate of drug-likeness (QED) is 0.376. The van der Waals surface area contributed by atoms with Gasteiger partial charge in [0.2, 0.25) is 0 Å². The van der Waals surface area contributed by atoms with E-state index in [1.165, 1.54) is 44.3 Å². The lowest BCUT2D eigenvalue weighted by Crippen LogP contribution is -2.58. The fourth-order valence-electron chi connectivity index (χ4n) is 3.21. The number of nitro groups is 1. The van der Waals surface area contributed by atoms with E-state index in [1.807, 2.05) is 0 Å². The number of nitrogens with zero attached hydrogens (tertiary/aromatic N) is 3. The van der Waals surface area contributed by atoms with Gasteiger partial charge in [-0.1, -0.05) is 12.1 Å². The van der Waals surface area contributed by atoms with E-state index in [9.17, 15) is 10.1 Å². The highest BCUT2D eigenvalue weighted by molar-refractivity contribution is 7.80. The minimum Gasteiger partial charge on any atom is -0.357 e. The first-order valence-electron chi connectivity index (χ1n) is 7.68. The summed E-state index contributed by atoms with van der Waals surface area (Å²) in [6.45, 7) is 3.41. The zero-order chi connectivity index (χ0) is 16.2. The summed E-state index contributed by atoms with van der Waals surface area (Å²) in [7, 11) is 0. The number of hydrogen-bond donors (Lipinski definition) is 2. The molecule has 3 heterocycles. The van der Waals surface area contributed by atoms with E-state index in [2.05, 4.69) is 20.7 Å². The molecule has 2 N–H and O–H groups in total. The van der Waals surface area contributed by atoms with Crippen LogP contribution >= 0.6 is 12.2 Å². The second kappa shape index (κ2) is 7.01. The number of hydrogen-bond acceptors (Lipinski definition) is 5. The molecule has 0 spiro atoms. The second-order valence-corrected chi connectivity index (χ2v) is 6.35. The van der Waals surface area contributed by atoms with Gasteiger partial charge in [0.1, 0.15) is 0 Å². The summed E-state index contributed by atoms with van der Waals surface area (Å²) >= 11 is 5.27. The molecule has 8 heteroatoms. The highest BCUT2D eigenvalue weighted by Crippen LogP contribution is 2.27. The average Bonchev–Trinajstić information content (AvgIpc) is 2.56. The highest BCUT2D eigenvalue weighted by atomic mass is 32.1. The molecule has 3 saturated heterocycles. The first kappa shape index (κ1) is 15.8. The maximum Gasteiger partial charge on any atom is 0.270 e. The zero-order valence-corrected chi connectivity index (χ0v) is 13.5. The van der Waals surface area contributed by atoms with Gasteiger partial charge in [-0.05, 0) is 44.1 Å². The lowest BCUT2D eigenvalue weighted by Gasteiger charge is -2.45. The van der Waals surface area contributed by atoms with Crippen LogP contribution in [0.4, 0.5) is 5.69 Å². The van der Waals surface area contributed by atoms with Crippen molar-refractivity contribution in [2.24, 2.45) is 11.0 Å². The number of nitro benzene ring substituents is 1. The number of rotatable bonds is 4. The standard InChI is InChI=1S/C15H19N5O2S/c21-20(22)13-3-1-2-11(8-13)9-16-18-15(23)17-14-10-19-6-4-12(14)5-7-19/h1-3,8-9,12,14H,4-7,10H2,(H2,17,18,23)/b16-9+. The summed E-state index contributed by atoms with van der Waals surface area (Å²) < 4.78 is 0. The van der Waals surface area contributed by atoms with Crippen LogP contribution in [-0.4, -0.2) is 46.8 Å². The molecule has 0 saturated carbocycles. The summed E-state index contributed by atoms with van der Waals surface area (Å²) in [5.74, 6) is 0.681. The summed E-state index contributed by atoms with van der Waals surface area (Å²) in [6, 6.07) is 6.68. The van der Waals surface area contributed by atoms with Crippen LogP contribution in [0.25, 0.3) is 0 Å². The predicted octanol–water partition coefficient (Wildman–Crippen LogP) is 1.49. The minimum atomic E-state index is -0.426. The third-order valence-corrected chi connectivity index (χ3v) is 4.64. The average molecular weight is 333 g/mol. The maximum atomic E-state index is 10.7. The summed E-state index contributed by atoms with van der Waals surface area (Å²) in [6.07, 6.45) is 3.96. The number of benzene rings is 1. The third kappa shape index (κ3) is 4.02. The molecule has 23 heavy (non-hydrogen) atoms. The predicted molar refractivity (Wildman–Crippen MR) is 92.5 cm³/mol. The molecule has 0 aliphatic carbocycles. The topological polar surface area (TPSA) is 82.8 Å². The van der Waals surface area contributed by atoms with E-state index < -0.39 is 4.92 Å². The van der Waals surface area contributed by atoms with Crippen molar-refractivity contribution in [3.8, 4) is 0 Å². The molecular formula is C15H19N5O2S. The van der Waals surface area contributed by atoms with E-state index in [0.717, 1.165) is 6.54 Å². The number of non-ortho nitro benzene ring substituents is 1. The highest BCUT2D eigenvalue weighted by Gasteiger charge is 2.34. The third-order valence-electron chi connectivity index (χ3n) is 4.43. The van der Waals surface area contributed by atoms with Crippen LogP contribution in [0.5, 0.6) is 0 Å². The number of piperidine rings is 3. The fourth-order valence-corrected chi connectivity index (χ4v) is 3.42. The SMILES string of the molecule is O=[N+]([O-])c1cccc(/C=N/NC(=S)NC2CN3CCC2CC3)c1. The van der Waals surface area contributed by atoms with Crippen molar-refractivity contribution in [2.75, 3.05) is 19.6 Å². The Morgan fingerprint density at radius 3 is 2.87 bits per heavy atom. The van der Waals surface area contributed by atoms with E-state index in [-0.39, 0.29) is 5.69 Å². The van der Waals surface area contributed by atoms with Crippen molar-refractivity contribution >= 4 is 29.2 Å². The van der Waals surface area contributed by atoms with Gasteiger partial charge < -0.3 is 10.2 Å². The molecule has 3 aliphatic rings. The van der Waals surface area contributed by atoms with Gasteiger partial charge in [0.05, 0.1) is 11.1 Å². The maximum absolute atomic E-state index is 10.7. The number of thiocarbonyl (C=S) groups is 1. The van der Waals surface area contributed by atoms with Crippen LogP contribution in [0, 0.1) is 16.0 Å². The molecule has 1 aromatic rings. The van der Waals surface area contributed by atoms with Gasteiger partial charge in [-0.3, -0.25) is 15.5 Å². The van der Waals surface area contributed by atoms with Gasteiger partial charge in [-0.25, -0.2) is 0 Å². The van der Waals surface area contributed by atoms with Crippen LogP contribution in [-0.2, 0) is 0 Å². The normalized spacial score (nSPS) is 26.2. The lowest BCUT2D eigenvalue weighted by molar-refractivity contribution is -0.384. The van der Waals surface area contributed by atoms with E-state index in [4.69, 9.17) is 12.2 Å². The molecule has 1 aromatic carbocycles. The Morgan fingerprint density at radius 2 is 2.22 bits per heavy atom. The molecule has 3 aliphatic heterocycles. The molecule has 122 valence electrons. The first-order valence-corrected chi connectivity index (χ1v) is 8.09. The fraction of sp³-hybridized carbons (Fsp3) is 0.467. The Balaban J connectivity index is 1.50. The monoisotopic (exact) mass is 333 g/mol. The van der Waals surface area contributed by atoms with E-state index in [1.54, 1.807) is 12.1 Å². The number of hydrazone groups is 1. The molecule has 2 bridgehead atoms. The Bertz CT molecular complexity index is 628. The number of nitrogens with one attached hydrogen (secondary N) is 2. The van der Waals surface area contributed by atoms with Crippen LogP contribution < -0.4 is 10.7 Å². The Labute approximate surface area is 139 Å². The Hall–Kier alpha value is -2.06. The van der Waals surface area contributed by atoms with Gasteiger partial charge in [-0.2, -0.15) is 5.10 Å². The van der Waals surface area contributed by atoms with E-state index >= 15 is 0 Å². The smallest absolute Gasteiger partial charge is 0.270 e. The molecule has 1 unspecified atom stereocenters. The van der Waals surface area contributed by atoms with Crippen molar-refractivity contribution in [3.05, 3.63) is 39.9 Å². The molecule has 0 amide bonds. The largest absolute Gasteiger partial charge is 0.357 e. The molecule has 0 radical (unpaired) electrons. The summed E-state index contributed by atoms with van der Waals surface area (Å²) in [4.78, 5) is 12.8. The molecule has 7 nitrogen and oxygen atoms in total. The van der Waals surface area contributed by atoms with Crippen molar-refractivity contribution in [3.63, 3.8) is 0 Å². The number of fused-ring (bicyclic) bond motifs is 3. The molecular weight excluding hydrogens is 314 g/mol. The Kier molecular flexibility index (Phi) is 4.82. The van der Waals surface area contributed by atoms with Gasteiger partial charge in [0, 0.05) is 30.3 Å². The van der Waals surface area contributed by atoms with Crippen molar-refractivity contribution < 1.29 is 4.92 Å². The second-order valence-electron chi connectivity index (χ2n) is 5.94. The Morgan fingerprint density at radius 1 is 1.43 bits per heavy atom. The van der Waals surface area contributed by atoms with Crippen molar-refractivity contribution in [2.45, 2.75) is 18.9 Å². The molecule has 1 atom stereocenters. The summed E-state index contributed by atoms with van der Waals surface area (Å²) in [5.41, 5.74) is 3.48. The molecule has 3 fully saturated rings. The minimum absolute atomic E-state index is 0.0435. The zero-order valence-electron chi connectivity index (χ0n) is 12.6.